The van der Waals surface area contributed by atoms with Crippen molar-refractivity contribution in [3.8, 4) is 0 Å². The van der Waals surface area contributed by atoms with Gasteiger partial charge in [0, 0.05) is 12.2 Å². The van der Waals surface area contributed by atoms with Gasteiger partial charge in [-0.25, -0.2) is 8.42 Å². The summed E-state index contributed by atoms with van der Waals surface area (Å²) in [5.74, 6) is -0.160. The predicted octanol–water partition coefficient (Wildman–Crippen LogP) is 2.67. The van der Waals surface area contributed by atoms with Gasteiger partial charge in [-0.05, 0) is 38.1 Å². The fourth-order valence-corrected chi connectivity index (χ4v) is 3.25. The smallest absolute Gasteiger partial charge is 0.184 e. The molecule has 0 bridgehead atoms. The fraction of sp³-hybridized carbons (Fsp3) is 0.308. The summed E-state index contributed by atoms with van der Waals surface area (Å²) in [6, 6.07) is 6.21. The maximum atomic E-state index is 12.3. The Labute approximate surface area is 123 Å². The van der Waals surface area contributed by atoms with Gasteiger partial charge in [-0.2, -0.15) is 5.10 Å². The average molecular weight is 314 g/mol. The standard InChI is InChI=1S/C13H16ClN3O2S/c1-9(2)17-6-5-10(16-17)8-20(18,19)11-3-4-13(15)12(14)7-11/h3-7,9H,8,15H2,1-2H3. The molecule has 1 aromatic heterocycles. The second-order valence-corrected chi connectivity index (χ2v) is 7.22. The van der Waals surface area contributed by atoms with E-state index in [1.165, 1.54) is 18.2 Å². The van der Waals surface area contributed by atoms with Crippen molar-refractivity contribution in [2.24, 2.45) is 0 Å². The molecule has 5 nitrogen and oxygen atoms in total. The molecule has 0 fully saturated rings. The molecule has 0 unspecified atom stereocenters. The second-order valence-electron chi connectivity index (χ2n) is 4.82. The summed E-state index contributed by atoms with van der Waals surface area (Å²) in [6.07, 6.45) is 1.77. The van der Waals surface area contributed by atoms with Crippen LogP contribution < -0.4 is 5.73 Å². The molecule has 1 aromatic carbocycles. The van der Waals surface area contributed by atoms with Crippen molar-refractivity contribution < 1.29 is 8.42 Å². The maximum Gasteiger partial charge on any atom is 0.184 e. The number of benzene rings is 1. The van der Waals surface area contributed by atoms with Crippen LogP contribution in [0.15, 0.2) is 35.4 Å². The Hall–Kier alpha value is -1.53. The molecule has 2 rings (SSSR count). The maximum absolute atomic E-state index is 12.3. The number of nitrogens with two attached hydrogens (primary N) is 1. The lowest BCUT2D eigenvalue weighted by Gasteiger charge is -2.06. The van der Waals surface area contributed by atoms with Crippen LogP contribution >= 0.6 is 11.6 Å². The van der Waals surface area contributed by atoms with Crippen molar-refractivity contribution in [3.63, 3.8) is 0 Å². The number of hydrogen-bond donors (Lipinski definition) is 1. The van der Waals surface area contributed by atoms with Crippen LogP contribution in [0.25, 0.3) is 0 Å². The largest absolute Gasteiger partial charge is 0.398 e. The quantitative estimate of drug-likeness (QED) is 0.880. The molecule has 0 aliphatic heterocycles. The van der Waals surface area contributed by atoms with Crippen LogP contribution in [0.1, 0.15) is 25.6 Å². The summed E-state index contributed by atoms with van der Waals surface area (Å²) in [4.78, 5) is 0.149. The van der Waals surface area contributed by atoms with Gasteiger partial charge in [0.15, 0.2) is 9.84 Å². The second kappa shape index (κ2) is 5.46. The zero-order valence-electron chi connectivity index (χ0n) is 11.2. The summed E-state index contributed by atoms with van der Waals surface area (Å²) >= 11 is 5.86. The minimum absolute atomic E-state index is 0.149. The van der Waals surface area contributed by atoms with Crippen LogP contribution in [0, 0.1) is 0 Å². The van der Waals surface area contributed by atoms with E-state index in [9.17, 15) is 8.42 Å². The summed E-state index contributed by atoms with van der Waals surface area (Å²) in [5.41, 5.74) is 6.44. The predicted molar refractivity (Wildman–Crippen MR) is 79.4 cm³/mol. The van der Waals surface area contributed by atoms with Crippen LogP contribution in [0.4, 0.5) is 5.69 Å². The van der Waals surface area contributed by atoms with Crippen LogP contribution in [-0.4, -0.2) is 18.2 Å². The third kappa shape index (κ3) is 3.13. The number of halogens is 1. The highest BCUT2D eigenvalue weighted by atomic mass is 35.5. The van der Waals surface area contributed by atoms with E-state index in [0.717, 1.165) is 0 Å². The van der Waals surface area contributed by atoms with E-state index in [1.807, 2.05) is 13.8 Å². The molecule has 2 N–H and O–H groups in total. The van der Waals surface area contributed by atoms with Gasteiger partial charge in [0.25, 0.3) is 0 Å². The molecule has 0 radical (unpaired) electrons. The zero-order chi connectivity index (χ0) is 14.9. The fourth-order valence-electron chi connectivity index (χ4n) is 1.72. The molecule has 0 saturated carbocycles. The first-order valence-electron chi connectivity index (χ1n) is 6.11. The van der Waals surface area contributed by atoms with Gasteiger partial charge in [-0.1, -0.05) is 11.6 Å². The normalized spacial score (nSPS) is 12.0. The molecule has 0 aliphatic carbocycles. The first kappa shape index (κ1) is 14.9. The van der Waals surface area contributed by atoms with E-state index in [-0.39, 0.29) is 21.7 Å². The van der Waals surface area contributed by atoms with Crippen molar-refractivity contribution in [2.45, 2.75) is 30.5 Å². The van der Waals surface area contributed by atoms with Crippen LogP contribution in [0.3, 0.4) is 0 Å². The van der Waals surface area contributed by atoms with Crippen molar-refractivity contribution >= 4 is 27.1 Å². The van der Waals surface area contributed by atoms with Crippen LogP contribution in [0.2, 0.25) is 5.02 Å². The number of rotatable bonds is 4. The first-order chi connectivity index (χ1) is 9.29. The van der Waals surface area contributed by atoms with Gasteiger partial charge in [0.05, 0.1) is 27.1 Å². The summed E-state index contributed by atoms with van der Waals surface area (Å²) < 4.78 is 26.3. The van der Waals surface area contributed by atoms with E-state index in [1.54, 1.807) is 16.9 Å². The Morgan fingerprint density at radius 2 is 2.05 bits per heavy atom. The Bertz CT molecular complexity index is 723. The molecule has 0 atom stereocenters. The lowest BCUT2D eigenvalue weighted by molar-refractivity contribution is 0.527. The lowest BCUT2D eigenvalue weighted by Crippen LogP contribution is -2.07. The summed E-state index contributed by atoms with van der Waals surface area (Å²) in [7, 11) is -3.48. The number of nitrogens with zero attached hydrogens (tertiary/aromatic N) is 2. The zero-order valence-corrected chi connectivity index (χ0v) is 12.8. The Balaban J connectivity index is 2.28. The number of nitrogen functional groups attached to an aromatic ring is 1. The monoisotopic (exact) mass is 313 g/mol. The Morgan fingerprint density at radius 3 is 2.60 bits per heavy atom. The van der Waals surface area contributed by atoms with Gasteiger partial charge in [0.2, 0.25) is 0 Å². The van der Waals surface area contributed by atoms with Crippen molar-refractivity contribution in [1.82, 2.24) is 9.78 Å². The van der Waals surface area contributed by atoms with Crippen molar-refractivity contribution in [3.05, 3.63) is 41.2 Å². The molecule has 20 heavy (non-hydrogen) atoms. The van der Waals surface area contributed by atoms with Crippen molar-refractivity contribution in [2.75, 3.05) is 5.73 Å². The summed E-state index contributed by atoms with van der Waals surface area (Å²) in [5, 5.41) is 4.48. The molecule has 0 saturated heterocycles. The molecule has 0 spiro atoms. The van der Waals surface area contributed by atoms with Gasteiger partial charge in [-0.3, -0.25) is 4.68 Å². The van der Waals surface area contributed by atoms with Gasteiger partial charge >= 0.3 is 0 Å². The third-order valence-electron chi connectivity index (χ3n) is 2.86. The van der Waals surface area contributed by atoms with Gasteiger partial charge in [-0.15, -0.1) is 0 Å². The number of sulfone groups is 1. The Morgan fingerprint density at radius 1 is 1.35 bits per heavy atom. The highest BCUT2D eigenvalue weighted by molar-refractivity contribution is 7.90. The number of hydrogen-bond acceptors (Lipinski definition) is 4. The van der Waals surface area contributed by atoms with E-state index in [2.05, 4.69) is 5.10 Å². The summed E-state index contributed by atoms with van der Waals surface area (Å²) in [6.45, 7) is 3.95. The topological polar surface area (TPSA) is 78.0 Å². The van der Waals surface area contributed by atoms with Gasteiger partial charge < -0.3 is 5.73 Å². The van der Waals surface area contributed by atoms with Crippen LogP contribution in [0.5, 0.6) is 0 Å². The SMILES string of the molecule is CC(C)n1ccc(CS(=O)(=O)c2ccc(N)c(Cl)c2)n1. The first-order valence-corrected chi connectivity index (χ1v) is 8.14. The molecule has 1 heterocycles. The minimum Gasteiger partial charge on any atom is -0.398 e. The highest BCUT2D eigenvalue weighted by Gasteiger charge is 2.18. The molecule has 0 amide bonds. The number of anilines is 1. The highest BCUT2D eigenvalue weighted by Crippen LogP contribution is 2.24. The van der Waals surface area contributed by atoms with E-state index in [4.69, 9.17) is 17.3 Å². The average Bonchev–Trinajstić information content (AvgIpc) is 2.80. The molecule has 0 aliphatic rings. The van der Waals surface area contributed by atoms with E-state index < -0.39 is 9.84 Å². The van der Waals surface area contributed by atoms with Crippen molar-refractivity contribution in [1.29, 1.82) is 0 Å². The molecular formula is C13H16ClN3O2S. The van der Waals surface area contributed by atoms with Crippen LogP contribution in [-0.2, 0) is 15.6 Å². The molecule has 2 aromatic rings. The molecular weight excluding hydrogens is 298 g/mol. The lowest BCUT2D eigenvalue weighted by atomic mass is 10.3. The Kier molecular flexibility index (Phi) is 4.06. The van der Waals surface area contributed by atoms with E-state index in [0.29, 0.717) is 11.4 Å². The third-order valence-corrected chi connectivity index (χ3v) is 4.84. The van der Waals surface area contributed by atoms with E-state index >= 15 is 0 Å². The number of aromatic nitrogens is 2. The minimum atomic E-state index is -3.48. The molecule has 108 valence electrons. The molecule has 7 heteroatoms. The van der Waals surface area contributed by atoms with Gasteiger partial charge in [0.1, 0.15) is 0 Å².